The van der Waals surface area contributed by atoms with Crippen molar-refractivity contribution in [2.45, 2.75) is 33.2 Å². The molecule has 2 aliphatic rings. The Morgan fingerprint density at radius 3 is 2.71 bits per heavy atom. The van der Waals surface area contributed by atoms with E-state index in [0.717, 1.165) is 49.7 Å². The Morgan fingerprint density at radius 2 is 2.00 bits per heavy atom. The Balaban J connectivity index is 1.47. The molecule has 0 radical (unpaired) electrons. The Labute approximate surface area is 142 Å². The lowest BCUT2D eigenvalue weighted by Gasteiger charge is -2.24. The third-order valence-corrected chi connectivity index (χ3v) is 5.47. The van der Waals surface area contributed by atoms with E-state index in [4.69, 9.17) is 4.52 Å². The normalized spacial score (nSPS) is 24.4. The van der Waals surface area contributed by atoms with Crippen LogP contribution in [0.25, 0.3) is 0 Å². The van der Waals surface area contributed by atoms with Gasteiger partial charge in [0.2, 0.25) is 5.91 Å². The molecule has 1 aromatic heterocycles. The monoisotopic (exact) mass is 325 g/mol. The maximum Gasteiger partial charge on any atom is 0.227 e. The molecule has 5 heteroatoms. The van der Waals surface area contributed by atoms with Crippen LogP contribution in [0.3, 0.4) is 0 Å². The number of benzene rings is 1. The number of para-hydroxylation sites is 1. The molecule has 2 saturated heterocycles. The fourth-order valence-electron chi connectivity index (χ4n) is 4.13. The number of nitrogens with zero attached hydrogens (tertiary/aromatic N) is 3. The second kappa shape index (κ2) is 5.74. The van der Waals surface area contributed by atoms with Crippen molar-refractivity contribution in [3.8, 4) is 0 Å². The van der Waals surface area contributed by atoms with E-state index < -0.39 is 0 Å². The molecule has 126 valence electrons. The van der Waals surface area contributed by atoms with Crippen LogP contribution >= 0.6 is 0 Å². The number of aryl methyl sites for hydroxylation is 2. The van der Waals surface area contributed by atoms with Crippen molar-refractivity contribution < 1.29 is 9.32 Å². The van der Waals surface area contributed by atoms with Gasteiger partial charge in [0, 0.05) is 42.7 Å². The Kier molecular flexibility index (Phi) is 3.68. The van der Waals surface area contributed by atoms with Crippen molar-refractivity contribution in [2.75, 3.05) is 24.5 Å². The van der Waals surface area contributed by atoms with Crippen LogP contribution in [0.5, 0.6) is 0 Å². The maximum atomic E-state index is 12.6. The summed E-state index contributed by atoms with van der Waals surface area (Å²) in [6.07, 6.45) is 1.73. The summed E-state index contributed by atoms with van der Waals surface area (Å²) in [4.78, 5) is 16.9. The van der Waals surface area contributed by atoms with Crippen molar-refractivity contribution in [3.05, 3.63) is 47.3 Å². The summed E-state index contributed by atoms with van der Waals surface area (Å²) in [5, 5.41) is 4.05. The predicted octanol–water partition coefficient (Wildman–Crippen LogP) is 2.92. The Bertz CT molecular complexity index is 736. The van der Waals surface area contributed by atoms with Crippen molar-refractivity contribution in [3.63, 3.8) is 0 Å². The molecule has 0 saturated carbocycles. The van der Waals surface area contributed by atoms with Gasteiger partial charge in [0.25, 0.3) is 0 Å². The van der Waals surface area contributed by atoms with E-state index in [1.165, 1.54) is 5.56 Å². The topological polar surface area (TPSA) is 49.6 Å². The summed E-state index contributed by atoms with van der Waals surface area (Å²) in [6, 6.07) is 10.0. The molecule has 3 heterocycles. The fourth-order valence-corrected chi connectivity index (χ4v) is 4.13. The predicted molar refractivity (Wildman–Crippen MR) is 91.7 cm³/mol. The molecule has 4 rings (SSSR count). The first-order valence-electron chi connectivity index (χ1n) is 8.56. The zero-order valence-electron chi connectivity index (χ0n) is 14.3. The van der Waals surface area contributed by atoms with Crippen LogP contribution in [0.1, 0.15) is 29.9 Å². The lowest BCUT2D eigenvalue weighted by molar-refractivity contribution is -0.117. The van der Waals surface area contributed by atoms with Gasteiger partial charge in [-0.3, -0.25) is 9.69 Å². The van der Waals surface area contributed by atoms with E-state index in [9.17, 15) is 4.79 Å². The van der Waals surface area contributed by atoms with Crippen LogP contribution in [0.2, 0.25) is 0 Å². The standard InChI is InChI=1S/C19H23N3O2/c1-14-17(15(2)24-20-14)11-21-9-8-19(12-21)10-18(23)22(13-19)16-6-4-3-5-7-16/h3-7H,8-13H2,1-2H3/t19-/m0/s1. The second-order valence-electron chi connectivity index (χ2n) is 7.26. The van der Waals surface area contributed by atoms with Crippen molar-refractivity contribution in [1.82, 2.24) is 10.1 Å². The lowest BCUT2D eigenvalue weighted by atomic mass is 9.86. The number of rotatable bonds is 3. The molecule has 2 aliphatic heterocycles. The van der Waals surface area contributed by atoms with E-state index in [1.807, 2.05) is 49.1 Å². The smallest absolute Gasteiger partial charge is 0.227 e. The number of likely N-dealkylation sites (tertiary alicyclic amines) is 1. The minimum atomic E-state index is 0.0892. The van der Waals surface area contributed by atoms with E-state index in [-0.39, 0.29) is 11.3 Å². The SMILES string of the molecule is Cc1noc(C)c1CN1CC[C@]2(CC(=O)N(c3ccccc3)C2)C1. The number of carbonyl (C=O) groups excluding carboxylic acids is 1. The largest absolute Gasteiger partial charge is 0.361 e. The third kappa shape index (κ3) is 2.63. The van der Waals surface area contributed by atoms with Crippen LogP contribution in [0, 0.1) is 19.3 Å². The zero-order valence-corrected chi connectivity index (χ0v) is 14.3. The van der Waals surface area contributed by atoms with Gasteiger partial charge in [0.05, 0.1) is 5.69 Å². The molecule has 1 aromatic carbocycles. The zero-order chi connectivity index (χ0) is 16.7. The third-order valence-electron chi connectivity index (χ3n) is 5.47. The Morgan fingerprint density at radius 1 is 1.21 bits per heavy atom. The van der Waals surface area contributed by atoms with Crippen molar-refractivity contribution >= 4 is 11.6 Å². The second-order valence-corrected chi connectivity index (χ2v) is 7.26. The average Bonchev–Trinajstić information content (AvgIpc) is 3.22. The van der Waals surface area contributed by atoms with E-state index in [0.29, 0.717) is 6.42 Å². The molecule has 5 nitrogen and oxygen atoms in total. The summed E-state index contributed by atoms with van der Waals surface area (Å²) in [6.45, 7) is 7.65. The molecule has 0 bridgehead atoms. The van der Waals surface area contributed by atoms with E-state index >= 15 is 0 Å². The molecule has 1 atom stereocenters. The van der Waals surface area contributed by atoms with Crippen molar-refractivity contribution in [1.29, 1.82) is 0 Å². The highest BCUT2D eigenvalue weighted by Crippen LogP contribution is 2.42. The number of hydrogen-bond donors (Lipinski definition) is 0. The first kappa shape index (κ1) is 15.4. The first-order valence-corrected chi connectivity index (χ1v) is 8.56. The molecular weight excluding hydrogens is 302 g/mol. The van der Waals surface area contributed by atoms with Gasteiger partial charge >= 0.3 is 0 Å². The number of aromatic nitrogens is 1. The molecule has 24 heavy (non-hydrogen) atoms. The summed E-state index contributed by atoms with van der Waals surface area (Å²) in [7, 11) is 0. The lowest BCUT2D eigenvalue weighted by Crippen LogP contribution is -2.31. The van der Waals surface area contributed by atoms with E-state index in [1.54, 1.807) is 0 Å². The van der Waals surface area contributed by atoms with Gasteiger partial charge in [0.15, 0.2) is 0 Å². The summed E-state index contributed by atoms with van der Waals surface area (Å²) in [5.74, 6) is 1.15. The fraction of sp³-hybridized carbons (Fsp3) is 0.474. The van der Waals surface area contributed by atoms with Gasteiger partial charge in [-0.2, -0.15) is 0 Å². The average molecular weight is 325 g/mol. The molecule has 2 aromatic rings. The van der Waals surface area contributed by atoms with Gasteiger partial charge in [-0.05, 0) is 38.9 Å². The highest BCUT2D eigenvalue weighted by molar-refractivity contribution is 5.96. The van der Waals surface area contributed by atoms with Gasteiger partial charge in [-0.15, -0.1) is 0 Å². The first-order chi connectivity index (χ1) is 11.6. The summed E-state index contributed by atoms with van der Waals surface area (Å²) in [5.41, 5.74) is 3.27. The molecular formula is C19H23N3O2. The molecule has 2 fully saturated rings. The summed E-state index contributed by atoms with van der Waals surface area (Å²) >= 11 is 0. The van der Waals surface area contributed by atoms with Crippen LogP contribution in [-0.2, 0) is 11.3 Å². The highest BCUT2D eigenvalue weighted by Gasteiger charge is 2.47. The highest BCUT2D eigenvalue weighted by atomic mass is 16.5. The maximum absolute atomic E-state index is 12.6. The molecule has 1 amide bonds. The van der Waals surface area contributed by atoms with Gasteiger partial charge < -0.3 is 9.42 Å². The number of anilines is 1. The molecule has 1 spiro atoms. The number of hydrogen-bond acceptors (Lipinski definition) is 4. The number of carbonyl (C=O) groups is 1. The summed E-state index contributed by atoms with van der Waals surface area (Å²) < 4.78 is 5.28. The van der Waals surface area contributed by atoms with Crippen molar-refractivity contribution in [2.24, 2.45) is 5.41 Å². The minimum absolute atomic E-state index is 0.0892. The molecule has 0 N–H and O–H groups in total. The van der Waals surface area contributed by atoms with E-state index in [2.05, 4.69) is 10.1 Å². The van der Waals surface area contributed by atoms with Gasteiger partial charge in [-0.25, -0.2) is 0 Å². The van der Waals surface area contributed by atoms with Crippen LogP contribution in [0.15, 0.2) is 34.9 Å². The van der Waals surface area contributed by atoms with Crippen LogP contribution in [-0.4, -0.2) is 35.6 Å². The minimum Gasteiger partial charge on any atom is -0.361 e. The van der Waals surface area contributed by atoms with Crippen LogP contribution < -0.4 is 4.90 Å². The molecule has 0 unspecified atom stereocenters. The van der Waals surface area contributed by atoms with Gasteiger partial charge in [0.1, 0.15) is 5.76 Å². The molecule has 0 aliphatic carbocycles. The quantitative estimate of drug-likeness (QED) is 0.870. The Hall–Kier alpha value is -2.14. The van der Waals surface area contributed by atoms with Crippen LogP contribution in [0.4, 0.5) is 5.69 Å². The number of amides is 1. The van der Waals surface area contributed by atoms with Gasteiger partial charge in [-0.1, -0.05) is 23.4 Å².